The number of aromatic hydroxyl groups is 1. The fraction of sp³-hybridized carbons (Fsp3) is 0.100. The van der Waals surface area contributed by atoms with Gasteiger partial charge in [0.15, 0.2) is 5.82 Å². The zero-order valence-corrected chi connectivity index (χ0v) is 16.5. The van der Waals surface area contributed by atoms with Crippen LogP contribution in [0.4, 0.5) is 0 Å². The Morgan fingerprint density at radius 1 is 1.07 bits per heavy atom. The Labute approximate surface area is 167 Å². The molecule has 0 saturated heterocycles. The van der Waals surface area contributed by atoms with E-state index in [0.717, 1.165) is 9.69 Å². The van der Waals surface area contributed by atoms with Crippen molar-refractivity contribution in [2.45, 2.75) is 0 Å². The fourth-order valence-electron chi connectivity index (χ4n) is 2.91. The van der Waals surface area contributed by atoms with Crippen LogP contribution in [0, 0.1) is 0 Å². The third kappa shape index (κ3) is 3.41. The number of phenols is 1. The van der Waals surface area contributed by atoms with Crippen LogP contribution in [-0.2, 0) is 10.2 Å². The molecule has 0 aliphatic heterocycles. The maximum atomic E-state index is 12.6. The van der Waals surface area contributed by atoms with Gasteiger partial charge in [-0.25, -0.2) is 3.97 Å². The minimum atomic E-state index is -3.66. The summed E-state index contributed by atoms with van der Waals surface area (Å²) in [6.07, 6.45) is 4.91. The maximum absolute atomic E-state index is 12.6. The first-order chi connectivity index (χ1) is 13.9. The molecule has 9 heteroatoms. The van der Waals surface area contributed by atoms with E-state index < -0.39 is 10.2 Å². The van der Waals surface area contributed by atoms with Crippen molar-refractivity contribution in [3.05, 3.63) is 66.1 Å². The standard InChI is InChI=1S/C20H18N4O4S/c1-23(2)29(26,27)24-13-14(15-7-3-5-9-17(15)24)11-12-19-21-20(28-22-19)16-8-4-6-10-18(16)25/h3-13,25H,1-2H3/b12-11+. The molecule has 0 amide bonds. The van der Waals surface area contributed by atoms with Gasteiger partial charge in [-0.2, -0.15) is 17.7 Å². The SMILES string of the molecule is CN(C)S(=O)(=O)n1cc(/C=C/c2noc(-c3ccccc3O)n2)c2ccccc21. The molecule has 2 aromatic carbocycles. The molecule has 0 aliphatic rings. The van der Waals surface area contributed by atoms with E-state index in [4.69, 9.17) is 4.52 Å². The van der Waals surface area contributed by atoms with Gasteiger partial charge in [0.25, 0.3) is 5.89 Å². The van der Waals surface area contributed by atoms with Gasteiger partial charge in [-0.15, -0.1) is 0 Å². The first-order valence-electron chi connectivity index (χ1n) is 8.71. The van der Waals surface area contributed by atoms with Gasteiger partial charge in [-0.3, -0.25) is 0 Å². The summed E-state index contributed by atoms with van der Waals surface area (Å²) in [5, 5.41) is 14.6. The van der Waals surface area contributed by atoms with E-state index in [1.165, 1.54) is 24.1 Å². The lowest BCUT2D eigenvalue weighted by atomic mass is 10.1. The molecular formula is C20H18N4O4S. The molecule has 0 saturated carbocycles. The van der Waals surface area contributed by atoms with Crippen LogP contribution in [0.3, 0.4) is 0 Å². The van der Waals surface area contributed by atoms with Crippen LogP contribution in [0.1, 0.15) is 11.4 Å². The van der Waals surface area contributed by atoms with Crippen LogP contribution in [0.15, 0.2) is 59.3 Å². The Morgan fingerprint density at radius 2 is 1.79 bits per heavy atom. The number of aromatic nitrogens is 3. The lowest BCUT2D eigenvalue weighted by Crippen LogP contribution is -2.28. The van der Waals surface area contributed by atoms with Crippen molar-refractivity contribution in [2.75, 3.05) is 14.1 Å². The van der Waals surface area contributed by atoms with Gasteiger partial charge in [0.1, 0.15) is 5.75 Å². The van der Waals surface area contributed by atoms with Gasteiger partial charge in [-0.1, -0.05) is 35.5 Å². The van der Waals surface area contributed by atoms with Crippen LogP contribution in [0.2, 0.25) is 0 Å². The van der Waals surface area contributed by atoms with Crippen molar-refractivity contribution < 1.29 is 18.0 Å². The van der Waals surface area contributed by atoms with E-state index >= 15 is 0 Å². The molecule has 0 spiro atoms. The van der Waals surface area contributed by atoms with Gasteiger partial charge < -0.3 is 9.63 Å². The first kappa shape index (κ1) is 18.9. The predicted octanol–water partition coefficient (Wildman–Crippen LogP) is 3.22. The molecule has 2 heterocycles. The van der Waals surface area contributed by atoms with E-state index in [9.17, 15) is 13.5 Å². The molecule has 1 N–H and O–H groups in total. The molecule has 29 heavy (non-hydrogen) atoms. The van der Waals surface area contributed by atoms with Crippen molar-refractivity contribution in [3.8, 4) is 17.2 Å². The molecule has 0 aliphatic carbocycles. The van der Waals surface area contributed by atoms with Gasteiger partial charge in [-0.05, 0) is 30.4 Å². The molecule has 0 unspecified atom stereocenters. The predicted molar refractivity (Wildman–Crippen MR) is 110 cm³/mol. The molecule has 2 aromatic heterocycles. The highest BCUT2D eigenvalue weighted by molar-refractivity contribution is 7.87. The summed E-state index contributed by atoms with van der Waals surface area (Å²) in [4.78, 5) is 4.26. The van der Waals surface area contributed by atoms with Gasteiger partial charge >= 0.3 is 10.2 Å². The minimum absolute atomic E-state index is 0.0450. The summed E-state index contributed by atoms with van der Waals surface area (Å²) in [6.45, 7) is 0. The summed E-state index contributed by atoms with van der Waals surface area (Å²) < 4.78 is 32.9. The van der Waals surface area contributed by atoms with Crippen LogP contribution in [0.25, 0.3) is 34.5 Å². The quantitative estimate of drug-likeness (QED) is 0.542. The number of para-hydroxylation sites is 2. The van der Waals surface area contributed by atoms with Crippen molar-refractivity contribution in [1.82, 2.24) is 18.4 Å². The zero-order valence-electron chi connectivity index (χ0n) is 15.7. The van der Waals surface area contributed by atoms with Crippen molar-refractivity contribution in [3.63, 3.8) is 0 Å². The first-order valence-corrected chi connectivity index (χ1v) is 10.1. The topological polar surface area (TPSA) is 101 Å². The van der Waals surface area contributed by atoms with Gasteiger partial charge in [0.05, 0.1) is 11.1 Å². The van der Waals surface area contributed by atoms with E-state index in [0.29, 0.717) is 22.5 Å². The summed E-state index contributed by atoms with van der Waals surface area (Å²) in [6, 6.07) is 13.9. The summed E-state index contributed by atoms with van der Waals surface area (Å²) in [5.74, 6) is 0.541. The summed E-state index contributed by atoms with van der Waals surface area (Å²) in [7, 11) is -0.693. The zero-order chi connectivity index (χ0) is 20.6. The second-order valence-corrected chi connectivity index (χ2v) is 8.52. The Bertz CT molecular complexity index is 1320. The molecule has 0 bridgehead atoms. The average Bonchev–Trinajstić information content (AvgIpc) is 3.31. The highest BCUT2D eigenvalue weighted by Crippen LogP contribution is 2.28. The maximum Gasteiger partial charge on any atom is 0.307 e. The molecule has 8 nitrogen and oxygen atoms in total. The van der Waals surface area contributed by atoms with Crippen LogP contribution in [-0.4, -0.2) is 46.0 Å². The van der Waals surface area contributed by atoms with Crippen LogP contribution >= 0.6 is 0 Å². The van der Waals surface area contributed by atoms with E-state index in [2.05, 4.69) is 10.1 Å². The van der Waals surface area contributed by atoms with Gasteiger partial charge in [0, 0.05) is 31.2 Å². The van der Waals surface area contributed by atoms with Gasteiger partial charge in [0.2, 0.25) is 0 Å². The normalized spacial score (nSPS) is 12.4. The Kier molecular flexibility index (Phi) is 4.69. The second kappa shape index (κ2) is 7.19. The van der Waals surface area contributed by atoms with E-state index in [-0.39, 0.29) is 11.6 Å². The average molecular weight is 410 g/mol. The molecular weight excluding hydrogens is 392 g/mol. The lowest BCUT2D eigenvalue weighted by molar-refractivity contribution is 0.423. The fourth-order valence-corrected chi connectivity index (χ4v) is 3.91. The summed E-state index contributed by atoms with van der Waals surface area (Å²) >= 11 is 0. The number of nitrogens with zero attached hydrogens (tertiary/aromatic N) is 4. The van der Waals surface area contributed by atoms with Crippen molar-refractivity contribution >= 4 is 33.3 Å². The molecule has 0 fully saturated rings. The number of benzene rings is 2. The van der Waals surface area contributed by atoms with Crippen LogP contribution < -0.4 is 0 Å². The third-order valence-corrected chi connectivity index (χ3v) is 6.13. The van der Waals surface area contributed by atoms with E-state index in [1.54, 1.807) is 48.7 Å². The highest BCUT2D eigenvalue weighted by Gasteiger charge is 2.20. The molecule has 4 aromatic rings. The Hall–Kier alpha value is -3.43. The van der Waals surface area contributed by atoms with Crippen LogP contribution in [0.5, 0.6) is 5.75 Å². The number of hydrogen-bond donors (Lipinski definition) is 1. The largest absolute Gasteiger partial charge is 0.507 e. The number of hydrogen-bond acceptors (Lipinski definition) is 6. The minimum Gasteiger partial charge on any atom is -0.507 e. The molecule has 4 rings (SSSR count). The van der Waals surface area contributed by atoms with Crippen molar-refractivity contribution in [2.24, 2.45) is 0 Å². The molecule has 0 atom stereocenters. The van der Waals surface area contributed by atoms with Crippen molar-refractivity contribution in [1.29, 1.82) is 0 Å². The smallest absolute Gasteiger partial charge is 0.307 e. The third-order valence-electron chi connectivity index (χ3n) is 4.41. The number of fused-ring (bicyclic) bond motifs is 1. The number of rotatable bonds is 5. The Balaban J connectivity index is 1.72. The highest BCUT2D eigenvalue weighted by atomic mass is 32.2. The molecule has 148 valence electrons. The Morgan fingerprint density at radius 3 is 2.55 bits per heavy atom. The van der Waals surface area contributed by atoms with E-state index in [1.807, 2.05) is 12.1 Å². The lowest BCUT2D eigenvalue weighted by Gasteiger charge is -2.12. The summed E-state index contributed by atoms with van der Waals surface area (Å²) in [5.41, 5.74) is 1.71. The second-order valence-electron chi connectivity index (χ2n) is 6.50. The monoisotopic (exact) mass is 410 g/mol. The molecule has 0 radical (unpaired) electrons. The number of phenolic OH excluding ortho intramolecular Hbond substituents is 1.